The number of aryl methyl sites for hydroxylation is 2. The Labute approximate surface area is 174 Å². The van der Waals surface area contributed by atoms with Crippen molar-refractivity contribution in [1.82, 2.24) is 19.6 Å². The zero-order chi connectivity index (χ0) is 21.7. The molecule has 0 N–H and O–H groups in total. The van der Waals surface area contributed by atoms with Crippen molar-refractivity contribution in [2.24, 2.45) is 7.05 Å². The summed E-state index contributed by atoms with van der Waals surface area (Å²) in [5.41, 5.74) is 0.865. The Balaban J connectivity index is 1.75. The third kappa shape index (κ3) is 5.60. The lowest BCUT2D eigenvalue weighted by molar-refractivity contribution is -0.143. The zero-order valence-electron chi connectivity index (χ0n) is 17.3. The summed E-state index contributed by atoms with van der Waals surface area (Å²) in [5, 5.41) is 3.84. The number of carbonyl (C=O) groups is 1. The molecule has 3 rings (SSSR count). The molecule has 1 amide bonds. The number of ether oxygens (including phenoxy) is 1. The van der Waals surface area contributed by atoms with Crippen molar-refractivity contribution >= 4 is 5.91 Å². The second-order valence-electron chi connectivity index (χ2n) is 7.50. The van der Waals surface area contributed by atoms with Gasteiger partial charge in [0, 0.05) is 45.8 Å². The van der Waals surface area contributed by atoms with Gasteiger partial charge in [-0.3, -0.25) is 14.4 Å². The topological polar surface area (TPSA) is 50.6 Å². The minimum atomic E-state index is -4.56. The van der Waals surface area contributed by atoms with E-state index in [9.17, 15) is 18.0 Å². The molecule has 6 nitrogen and oxygen atoms in total. The van der Waals surface area contributed by atoms with Crippen molar-refractivity contribution < 1.29 is 22.7 Å². The van der Waals surface area contributed by atoms with E-state index < -0.39 is 17.8 Å². The van der Waals surface area contributed by atoms with Gasteiger partial charge in [-0.05, 0) is 24.5 Å². The fourth-order valence-electron chi connectivity index (χ4n) is 3.55. The lowest BCUT2D eigenvalue weighted by atomic mass is 10.1. The predicted molar refractivity (Wildman–Crippen MR) is 106 cm³/mol. The summed E-state index contributed by atoms with van der Waals surface area (Å²) in [7, 11) is 1.20. The highest BCUT2D eigenvalue weighted by atomic mass is 19.4. The molecule has 1 aliphatic heterocycles. The lowest BCUT2D eigenvalue weighted by Gasteiger charge is -2.28. The molecular weight excluding hydrogens is 397 g/mol. The van der Waals surface area contributed by atoms with E-state index in [4.69, 9.17) is 4.74 Å². The van der Waals surface area contributed by atoms with Crippen LogP contribution in [0.1, 0.15) is 33.7 Å². The van der Waals surface area contributed by atoms with Crippen LogP contribution in [0.3, 0.4) is 0 Å². The molecule has 2 aromatic rings. The molecule has 1 aliphatic rings. The van der Waals surface area contributed by atoms with E-state index in [2.05, 4.69) is 10.00 Å². The van der Waals surface area contributed by atoms with Crippen molar-refractivity contribution in [3.05, 3.63) is 52.8 Å². The monoisotopic (exact) mass is 424 g/mol. The van der Waals surface area contributed by atoms with Gasteiger partial charge in [0.1, 0.15) is 5.69 Å². The number of rotatable bonds is 7. The van der Waals surface area contributed by atoms with Crippen LogP contribution in [0, 0.1) is 6.92 Å². The van der Waals surface area contributed by atoms with Crippen LogP contribution >= 0.6 is 0 Å². The highest BCUT2D eigenvalue weighted by Gasteiger charge is 2.36. The van der Waals surface area contributed by atoms with E-state index in [1.165, 1.54) is 7.05 Å². The van der Waals surface area contributed by atoms with E-state index in [0.717, 1.165) is 43.2 Å². The molecule has 1 aromatic heterocycles. The molecular formula is C21H27F3N4O2. The summed E-state index contributed by atoms with van der Waals surface area (Å²) < 4.78 is 45.5. The average Bonchev–Trinajstić information content (AvgIpc) is 3.11. The Kier molecular flexibility index (Phi) is 7.14. The minimum Gasteiger partial charge on any atom is -0.379 e. The maximum Gasteiger partial charge on any atom is 0.433 e. The van der Waals surface area contributed by atoms with Gasteiger partial charge in [-0.1, -0.05) is 24.3 Å². The Morgan fingerprint density at radius 1 is 1.23 bits per heavy atom. The van der Waals surface area contributed by atoms with E-state index in [1.54, 1.807) is 4.90 Å². The van der Waals surface area contributed by atoms with Gasteiger partial charge < -0.3 is 9.64 Å². The van der Waals surface area contributed by atoms with Gasteiger partial charge in [0.15, 0.2) is 5.69 Å². The second kappa shape index (κ2) is 9.61. The Morgan fingerprint density at radius 3 is 2.57 bits per heavy atom. The normalized spacial score (nSPS) is 15.4. The van der Waals surface area contributed by atoms with Crippen molar-refractivity contribution in [2.45, 2.75) is 26.1 Å². The number of nitrogens with zero attached hydrogens (tertiary/aromatic N) is 4. The van der Waals surface area contributed by atoms with Crippen LogP contribution in [0.2, 0.25) is 0 Å². The van der Waals surface area contributed by atoms with E-state index in [0.29, 0.717) is 31.0 Å². The SMILES string of the molecule is Cc1ccccc1CN(CCCN1CCOCC1)C(=O)c1cc(C(F)(F)F)n(C)n1. The average molecular weight is 424 g/mol. The first-order valence-corrected chi connectivity index (χ1v) is 10.0. The molecule has 0 atom stereocenters. The molecule has 0 saturated carbocycles. The molecule has 9 heteroatoms. The van der Waals surface area contributed by atoms with Crippen molar-refractivity contribution in [3.8, 4) is 0 Å². The molecule has 1 saturated heterocycles. The van der Waals surface area contributed by atoms with E-state index in [-0.39, 0.29) is 5.69 Å². The van der Waals surface area contributed by atoms with Crippen LogP contribution < -0.4 is 0 Å². The fraction of sp³-hybridized carbons (Fsp3) is 0.524. The molecule has 0 aliphatic carbocycles. The minimum absolute atomic E-state index is 0.190. The fourth-order valence-corrected chi connectivity index (χ4v) is 3.55. The summed E-state index contributed by atoms with van der Waals surface area (Å²) in [5.74, 6) is -0.494. The molecule has 0 radical (unpaired) electrons. The standard InChI is InChI=1S/C21H27F3N4O2/c1-16-6-3-4-7-17(16)15-28(9-5-8-27-10-12-30-13-11-27)20(29)18-14-19(21(22,23)24)26(2)25-18/h3-4,6-7,14H,5,8-13,15H2,1-2H3. The summed E-state index contributed by atoms with van der Waals surface area (Å²) in [6.45, 7) is 6.60. The molecule has 164 valence electrons. The first kappa shape index (κ1) is 22.3. The Morgan fingerprint density at radius 2 is 1.93 bits per heavy atom. The molecule has 0 unspecified atom stereocenters. The largest absolute Gasteiger partial charge is 0.433 e. The van der Waals surface area contributed by atoms with Crippen LogP contribution in [0.5, 0.6) is 0 Å². The second-order valence-corrected chi connectivity index (χ2v) is 7.50. The predicted octanol–water partition coefficient (Wildman–Crippen LogP) is 3.11. The molecule has 30 heavy (non-hydrogen) atoms. The number of amides is 1. The van der Waals surface area contributed by atoms with Gasteiger partial charge in [0.25, 0.3) is 5.91 Å². The highest BCUT2D eigenvalue weighted by Crippen LogP contribution is 2.29. The third-order valence-electron chi connectivity index (χ3n) is 5.31. The lowest BCUT2D eigenvalue weighted by Crippen LogP contribution is -2.39. The van der Waals surface area contributed by atoms with E-state index >= 15 is 0 Å². The highest BCUT2D eigenvalue weighted by molar-refractivity contribution is 5.92. The molecule has 1 aromatic carbocycles. The van der Waals surface area contributed by atoms with Crippen LogP contribution in [-0.4, -0.2) is 64.9 Å². The quantitative estimate of drug-likeness (QED) is 0.686. The van der Waals surface area contributed by atoms with Crippen LogP contribution in [0.4, 0.5) is 13.2 Å². The Hall–Kier alpha value is -2.39. The first-order chi connectivity index (χ1) is 14.3. The number of morpholine rings is 1. The molecule has 0 bridgehead atoms. The summed E-state index contributed by atoms with van der Waals surface area (Å²) in [4.78, 5) is 16.9. The van der Waals surface area contributed by atoms with Gasteiger partial charge in [0.05, 0.1) is 13.2 Å². The van der Waals surface area contributed by atoms with Crippen molar-refractivity contribution in [1.29, 1.82) is 0 Å². The Bertz CT molecular complexity index is 860. The van der Waals surface area contributed by atoms with Gasteiger partial charge in [0.2, 0.25) is 0 Å². The smallest absolute Gasteiger partial charge is 0.379 e. The zero-order valence-corrected chi connectivity index (χ0v) is 17.3. The summed E-state index contributed by atoms with van der Waals surface area (Å²) in [6.07, 6.45) is -3.84. The summed E-state index contributed by atoms with van der Waals surface area (Å²) in [6, 6.07) is 8.51. The number of aromatic nitrogens is 2. The van der Waals surface area contributed by atoms with Gasteiger partial charge in [-0.15, -0.1) is 0 Å². The van der Waals surface area contributed by atoms with Crippen molar-refractivity contribution in [2.75, 3.05) is 39.4 Å². The van der Waals surface area contributed by atoms with Crippen LogP contribution in [0.25, 0.3) is 0 Å². The van der Waals surface area contributed by atoms with Gasteiger partial charge in [-0.25, -0.2) is 0 Å². The van der Waals surface area contributed by atoms with Gasteiger partial charge >= 0.3 is 6.18 Å². The number of halogens is 3. The molecule has 1 fully saturated rings. The molecule has 2 heterocycles. The van der Waals surface area contributed by atoms with E-state index in [1.807, 2.05) is 31.2 Å². The summed E-state index contributed by atoms with van der Waals surface area (Å²) >= 11 is 0. The van der Waals surface area contributed by atoms with Crippen LogP contribution in [-0.2, 0) is 24.5 Å². The van der Waals surface area contributed by atoms with Crippen LogP contribution in [0.15, 0.2) is 30.3 Å². The maximum absolute atomic E-state index is 13.1. The van der Waals surface area contributed by atoms with Crippen molar-refractivity contribution in [3.63, 3.8) is 0 Å². The number of benzene rings is 1. The molecule has 0 spiro atoms. The maximum atomic E-state index is 13.1. The third-order valence-corrected chi connectivity index (χ3v) is 5.31. The van der Waals surface area contributed by atoms with Gasteiger partial charge in [-0.2, -0.15) is 18.3 Å². The number of alkyl halides is 3. The first-order valence-electron chi connectivity index (χ1n) is 10.0. The number of carbonyl (C=O) groups excluding carboxylic acids is 1. The number of hydrogen-bond acceptors (Lipinski definition) is 4. The number of hydrogen-bond donors (Lipinski definition) is 0.